The van der Waals surface area contributed by atoms with Crippen LogP contribution in [0, 0.1) is 5.92 Å². The number of anilines is 1. The molecule has 128 valence electrons. The van der Waals surface area contributed by atoms with E-state index in [1.807, 2.05) is 6.07 Å². The maximum absolute atomic E-state index is 12.3. The Labute approximate surface area is 143 Å². The largest absolute Gasteiger partial charge is 0.453 e. The smallest absolute Gasteiger partial charge is 0.407 e. The lowest BCUT2D eigenvalue weighted by Gasteiger charge is -2.19. The van der Waals surface area contributed by atoms with E-state index in [-0.39, 0.29) is 11.9 Å². The lowest BCUT2D eigenvalue weighted by Crippen LogP contribution is -2.47. The summed E-state index contributed by atoms with van der Waals surface area (Å²) >= 11 is 6.10. The fourth-order valence-electron chi connectivity index (χ4n) is 2.00. The van der Waals surface area contributed by atoms with Gasteiger partial charge in [-0.25, -0.2) is 4.79 Å². The molecule has 1 unspecified atom stereocenters. The molecule has 0 radical (unpaired) electrons. The molecule has 2 aromatic rings. The van der Waals surface area contributed by atoms with Crippen LogP contribution in [0.1, 0.15) is 13.8 Å². The highest BCUT2D eigenvalue weighted by molar-refractivity contribution is 6.33. The van der Waals surface area contributed by atoms with E-state index in [9.17, 15) is 9.59 Å². The molecule has 1 atom stereocenters. The molecule has 0 spiro atoms. The summed E-state index contributed by atoms with van der Waals surface area (Å²) in [5.74, 6) is -0.0728. The molecule has 1 aromatic heterocycles. The third-order valence-corrected chi connectivity index (χ3v) is 3.59. The number of nitrogens with zero attached hydrogens (tertiary/aromatic N) is 2. The second-order valence-electron chi connectivity index (χ2n) is 5.33. The van der Waals surface area contributed by atoms with Crippen molar-refractivity contribution in [2.24, 2.45) is 5.92 Å². The molecule has 2 amide bonds. The number of carbonyl (C=O) groups excluding carboxylic acids is 2. The van der Waals surface area contributed by atoms with Gasteiger partial charge in [0.25, 0.3) is 0 Å². The lowest BCUT2D eigenvalue weighted by molar-refractivity contribution is -0.119. The van der Waals surface area contributed by atoms with Gasteiger partial charge in [-0.2, -0.15) is 4.98 Å². The number of hydrogen-bond donors (Lipinski definition) is 3. The van der Waals surface area contributed by atoms with Crippen LogP contribution in [0.5, 0.6) is 0 Å². The number of alkyl carbamates (subject to hydrolysis) is 1. The summed E-state index contributed by atoms with van der Waals surface area (Å²) in [5.41, 5.74) is 0.667. The predicted molar refractivity (Wildman–Crippen MR) is 89.6 cm³/mol. The Balaban J connectivity index is 2.12. The number of nitrogens with one attached hydrogen (secondary N) is 3. The van der Waals surface area contributed by atoms with E-state index in [1.165, 1.54) is 7.11 Å². The van der Waals surface area contributed by atoms with Crippen molar-refractivity contribution in [3.63, 3.8) is 0 Å². The molecule has 1 aromatic carbocycles. The standard InChI is InChI=1S/C15H18ClN5O3/c1-8(2)11(17-15(23)24-3)13(22)19-14-18-12(20-21-14)9-6-4-5-7-10(9)16/h4-8,11H,1-3H3,(H,17,23)(H2,18,19,20,21,22). The molecule has 0 fully saturated rings. The minimum absolute atomic E-state index is 0.0900. The molecule has 24 heavy (non-hydrogen) atoms. The molecular formula is C15H18ClN5O3. The van der Waals surface area contributed by atoms with Gasteiger partial charge in [-0.1, -0.05) is 37.6 Å². The van der Waals surface area contributed by atoms with Gasteiger partial charge in [-0.3, -0.25) is 15.2 Å². The lowest BCUT2D eigenvalue weighted by atomic mass is 10.0. The number of halogens is 1. The van der Waals surface area contributed by atoms with Crippen molar-refractivity contribution in [1.82, 2.24) is 20.5 Å². The summed E-state index contributed by atoms with van der Waals surface area (Å²) in [6, 6.07) is 6.35. The normalized spacial score (nSPS) is 11.9. The first kappa shape index (κ1) is 17.7. The summed E-state index contributed by atoms with van der Waals surface area (Å²) < 4.78 is 4.52. The monoisotopic (exact) mass is 351 g/mol. The molecule has 2 rings (SSSR count). The summed E-state index contributed by atoms with van der Waals surface area (Å²) in [7, 11) is 1.23. The molecule has 0 aliphatic heterocycles. The highest BCUT2D eigenvalue weighted by Crippen LogP contribution is 2.24. The molecule has 0 bridgehead atoms. The van der Waals surface area contributed by atoms with E-state index < -0.39 is 18.0 Å². The van der Waals surface area contributed by atoms with Crippen molar-refractivity contribution in [1.29, 1.82) is 0 Å². The molecule has 3 N–H and O–H groups in total. The van der Waals surface area contributed by atoms with Crippen LogP contribution in [0.15, 0.2) is 24.3 Å². The van der Waals surface area contributed by atoms with Crippen molar-refractivity contribution >= 4 is 29.5 Å². The maximum Gasteiger partial charge on any atom is 0.407 e. The minimum atomic E-state index is -0.778. The van der Waals surface area contributed by atoms with Crippen molar-refractivity contribution in [3.05, 3.63) is 29.3 Å². The molecular weight excluding hydrogens is 334 g/mol. The first-order chi connectivity index (χ1) is 11.4. The van der Waals surface area contributed by atoms with Gasteiger partial charge in [0.15, 0.2) is 5.82 Å². The summed E-state index contributed by atoms with van der Waals surface area (Å²) in [5, 5.41) is 12.2. The average Bonchev–Trinajstić information content (AvgIpc) is 3.00. The zero-order chi connectivity index (χ0) is 17.7. The SMILES string of the molecule is COC(=O)NC(C(=O)Nc1n[nH]c(-c2ccccc2Cl)n1)C(C)C. The highest BCUT2D eigenvalue weighted by atomic mass is 35.5. The predicted octanol–water partition coefficient (Wildman–Crippen LogP) is 2.44. The Bertz CT molecular complexity index is 731. The average molecular weight is 352 g/mol. The second-order valence-corrected chi connectivity index (χ2v) is 5.74. The second kappa shape index (κ2) is 7.78. The quantitative estimate of drug-likeness (QED) is 0.766. The van der Waals surface area contributed by atoms with E-state index >= 15 is 0 Å². The van der Waals surface area contributed by atoms with Crippen molar-refractivity contribution in [2.75, 3.05) is 12.4 Å². The van der Waals surface area contributed by atoms with Crippen LogP contribution in [0.3, 0.4) is 0 Å². The van der Waals surface area contributed by atoms with E-state index in [4.69, 9.17) is 11.6 Å². The van der Waals surface area contributed by atoms with Crippen molar-refractivity contribution in [3.8, 4) is 11.4 Å². The van der Waals surface area contributed by atoms with Crippen LogP contribution >= 0.6 is 11.6 Å². The number of ether oxygens (including phenoxy) is 1. The Morgan fingerprint density at radius 1 is 1.29 bits per heavy atom. The number of methoxy groups -OCH3 is 1. The number of rotatable bonds is 5. The van der Waals surface area contributed by atoms with Gasteiger partial charge in [0.2, 0.25) is 11.9 Å². The van der Waals surface area contributed by atoms with Gasteiger partial charge in [0.05, 0.1) is 12.1 Å². The van der Waals surface area contributed by atoms with Crippen LogP contribution in [-0.2, 0) is 9.53 Å². The van der Waals surface area contributed by atoms with Gasteiger partial charge in [-0.05, 0) is 18.1 Å². The van der Waals surface area contributed by atoms with Gasteiger partial charge in [-0.15, -0.1) is 5.10 Å². The van der Waals surface area contributed by atoms with Crippen LogP contribution in [0.2, 0.25) is 5.02 Å². The summed E-state index contributed by atoms with van der Waals surface area (Å²) in [6.07, 6.45) is -0.685. The Kier molecular flexibility index (Phi) is 5.75. The van der Waals surface area contributed by atoms with Crippen LogP contribution in [0.25, 0.3) is 11.4 Å². The molecule has 0 aliphatic carbocycles. The van der Waals surface area contributed by atoms with E-state index in [0.29, 0.717) is 16.4 Å². The first-order valence-electron chi connectivity index (χ1n) is 7.25. The third kappa shape index (κ3) is 4.23. The molecule has 0 saturated carbocycles. The number of amides is 2. The number of benzene rings is 1. The number of H-pyrrole nitrogens is 1. The Morgan fingerprint density at radius 3 is 2.62 bits per heavy atom. The van der Waals surface area contributed by atoms with Crippen molar-refractivity contribution in [2.45, 2.75) is 19.9 Å². The van der Waals surface area contributed by atoms with Crippen LogP contribution in [0.4, 0.5) is 10.7 Å². The third-order valence-electron chi connectivity index (χ3n) is 3.26. The Hall–Kier alpha value is -2.61. The number of hydrogen-bond acceptors (Lipinski definition) is 5. The number of aromatic nitrogens is 3. The molecule has 0 saturated heterocycles. The first-order valence-corrected chi connectivity index (χ1v) is 7.62. The van der Waals surface area contributed by atoms with Gasteiger partial charge in [0, 0.05) is 5.56 Å². The van der Waals surface area contributed by atoms with E-state index in [2.05, 4.69) is 30.6 Å². The maximum atomic E-state index is 12.3. The fourth-order valence-corrected chi connectivity index (χ4v) is 2.23. The van der Waals surface area contributed by atoms with E-state index in [1.54, 1.807) is 32.0 Å². The summed E-state index contributed by atoms with van der Waals surface area (Å²) in [6.45, 7) is 3.60. The number of aromatic amines is 1. The van der Waals surface area contributed by atoms with Gasteiger partial charge in [0.1, 0.15) is 6.04 Å². The summed E-state index contributed by atoms with van der Waals surface area (Å²) in [4.78, 5) is 27.9. The molecule has 0 aliphatic rings. The van der Waals surface area contributed by atoms with Gasteiger partial charge < -0.3 is 10.1 Å². The van der Waals surface area contributed by atoms with Crippen LogP contribution < -0.4 is 10.6 Å². The Morgan fingerprint density at radius 2 is 2.00 bits per heavy atom. The highest BCUT2D eigenvalue weighted by Gasteiger charge is 2.25. The van der Waals surface area contributed by atoms with Crippen molar-refractivity contribution < 1.29 is 14.3 Å². The van der Waals surface area contributed by atoms with Gasteiger partial charge >= 0.3 is 6.09 Å². The molecule has 8 nitrogen and oxygen atoms in total. The van der Waals surface area contributed by atoms with Crippen LogP contribution in [-0.4, -0.2) is 40.3 Å². The topological polar surface area (TPSA) is 109 Å². The molecule has 1 heterocycles. The fraction of sp³-hybridized carbons (Fsp3) is 0.333. The zero-order valence-electron chi connectivity index (χ0n) is 13.5. The minimum Gasteiger partial charge on any atom is -0.453 e. The number of carbonyl (C=O) groups is 2. The molecule has 9 heteroatoms. The zero-order valence-corrected chi connectivity index (χ0v) is 14.2. The van der Waals surface area contributed by atoms with E-state index in [0.717, 1.165) is 0 Å².